The van der Waals surface area contributed by atoms with Gasteiger partial charge in [0.25, 0.3) is 15.9 Å². The summed E-state index contributed by atoms with van der Waals surface area (Å²) in [5.74, 6) is -0.103. The lowest BCUT2D eigenvalue weighted by molar-refractivity contribution is -0.137. The molecule has 3 aromatic rings. The van der Waals surface area contributed by atoms with Crippen molar-refractivity contribution in [3.8, 4) is 5.75 Å². The molecule has 2 N–H and O–H groups in total. The van der Waals surface area contributed by atoms with Crippen molar-refractivity contribution in [2.24, 2.45) is 0 Å². The van der Waals surface area contributed by atoms with E-state index in [1.807, 2.05) is 0 Å². The zero-order valence-electron chi connectivity index (χ0n) is 17.8. The monoisotopic (exact) mass is 512 g/mol. The Bertz CT molecular complexity index is 1270. The Kier molecular flexibility index (Phi) is 7.73. The molecule has 0 unspecified atom stereocenters. The molecule has 0 saturated carbocycles. The van der Waals surface area contributed by atoms with Gasteiger partial charge in [-0.25, -0.2) is 8.42 Å². The van der Waals surface area contributed by atoms with Crippen LogP contribution >= 0.6 is 11.6 Å². The smallest absolute Gasteiger partial charge is 0.416 e. The maximum absolute atomic E-state index is 12.9. The number of hydrogen-bond donors (Lipinski definition) is 2. The van der Waals surface area contributed by atoms with E-state index in [4.69, 9.17) is 16.3 Å². The zero-order valence-corrected chi connectivity index (χ0v) is 19.3. The van der Waals surface area contributed by atoms with Gasteiger partial charge in [-0.1, -0.05) is 36.7 Å². The van der Waals surface area contributed by atoms with Crippen molar-refractivity contribution >= 4 is 38.9 Å². The molecule has 180 valence electrons. The molecule has 11 heteroatoms. The Hall–Kier alpha value is -3.24. The van der Waals surface area contributed by atoms with Gasteiger partial charge in [0.15, 0.2) is 6.10 Å². The Morgan fingerprint density at radius 3 is 2.29 bits per heavy atom. The molecule has 0 aliphatic rings. The lowest BCUT2D eigenvalue weighted by atomic mass is 10.2. The van der Waals surface area contributed by atoms with Crippen LogP contribution in [0.1, 0.15) is 18.9 Å². The summed E-state index contributed by atoms with van der Waals surface area (Å²) in [4.78, 5) is 12.4. The van der Waals surface area contributed by atoms with Crippen LogP contribution in [0.25, 0.3) is 0 Å². The minimum Gasteiger partial charge on any atom is -0.479 e. The molecule has 0 aliphatic heterocycles. The van der Waals surface area contributed by atoms with Crippen molar-refractivity contribution in [2.45, 2.75) is 30.5 Å². The quantitative estimate of drug-likeness (QED) is 0.390. The number of rotatable bonds is 8. The second-order valence-corrected chi connectivity index (χ2v) is 9.23. The van der Waals surface area contributed by atoms with E-state index < -0.39 is 33.8 Å². The molecular weight excluding hydrogens is 493 g/mol. The number of carbonyl (C=O) groups excluding carboxylic acids is 1. The van der Waals surface area contributed by atoms with E-state index >= 15 is 0 Å². The highest BCUT2D eigenvalue weighted by Crippen LogP contribution is 2.31. The summed E-state index contributed by atoms with van der Waals surface area (Å²) >= 11 is 6.06. The van der Waals surface area contributed by atoms with E-state index in [0.29, 0.717) is 28.9 Å². The van der Waals surface area contributed by atoms with E-state index in [1.54, 1.807) is 31.2 Å². The molecule has 1 amide bonds. The summed E-state index contributed by atoms with van der Waals surface area (Å²) in [6, 6.07) is 15.8. The largest absolute Gasteiger partial charge is 0.479 e. The highest BCUT2D eigenvalue weighted by Gasteiger charge is 2.30. The van der Waals surface area contributed by atoms with Crippen LogP contribution in [-0.4, -0.2) is 20.4 Å². The number of anilines is 2. The third-order valence-electron chi connectivity index (χ3n) is 4.64. The first-order chi connectivity index (χ1) is 16.0. The summed E-state index contributed by atoms with van der Waals surface area (Å²) in [7, 11) is -4.16. The van der Waals surface area contributed by atoms with Crippen LogP contribution in [0.4, 0.5) is 24.5 Å². The predicted molar refractivity (Wildman–Crippen MR) is 123 cm³/mol. The van der Waals surface area contributed by atoms with Crippen molar-refractivity contribution in [3.05, 3.63) is 83.4 Å². The molecule has 0 fully saturated rings. The number of amides is 1. The van der Waals surface area contributed by atoms with E-state index in [2.05, 4.69) is 10.0 Å². The van der Waals surface area contributed by atoms with Crippen LogP contribution in [-0.2, 0) is 21.0 Å². The molecule has 6 nitrogen and oxygen atoms in total. The second kappa shape index (κ2) is 10.4. The van der Waals surface area contributed by atoms with Gasteiger partial charge in [-0.2, -0.15) is 13.2 Å². The number of nitrogens with one attached hydrogen (secondary N) is 2. The highest BCUT2D eigenvalue weighted by molar-refractivity contribution is 7.92. The van der Waals surface area contributed by atoms with Crippen molar-refractivity contribution in [3.63, 3.8) is 0 Å². The number of benzene rings is 3. The molecule has 34 heavy (non-hydrogen) atoms. The van der Waals surface area contributed by atoms with Gasteiger partial charge < -0.3 is 10.1 Å². The van der Waals surface area contributed by atoms with E-state index in [0.717, 1.165) is 12.1 Å². The third kappa shape index (κ3) is 6.42. The minimum atomic E-state index is -4.60. The maximum atomic E-state index is 12.9. The molecule has 3 rings (SSSR count). The summed E-state index contributed by atoms with van der Waals surface area (Å²) in [5.41, 5.74) is -0.894. The molecule has 0 radical (unpaired) electrons. The number of sulfonamides is 1. The zero-order chi connectivity index (χ0) is 24.9. The fourth-order valence-corrected chi connectivity index (χ4v) is 4.16. The molecule has 3 aromatic carbocycles. The van der Waals surface area contributed by atoms with Crippen LogP contribution in [0.5, 0.6) is 5.75 Å². The van der Waals surface area contributed by atoms with Gasteiger partial charge in [-0.3, -0.25) is 9.52 Å². The lowest BCUT2D eigenvalue weighted by Gasteiger charge is -2.18. The molecular formula is C23H20ClF3N2O4S. The SMILES string of the molecule is CC[C@H](Oc1ccccc1Cl)C(=O)Nc1ccc(S(=O)(=O)Nc2cccc(C(F)(F)F)c2)cc1. The van der Waals surface area contributed by atoms with Gasteiger partial charge in [0.1, 0.15) is 5.75 Å². The first-order valence-electron chi connectivity index (χ1n) is 10.0. The van der Waals surface area contributed by atoms with Gasteiger partial charge in [0, 0.05) is 11.4 Å². The number of hydrogen-bond acceptors (Lipinski definition) is 4. The molecule has 0 bridgehead atoms. The summed E-state index contributed by atoms with van der Waals surface area (Å²) in [6.07, 6.45) is -5.09. The van der Waals surface area contributed by atoms with Crippen molar-refractivity contribution in [1.29, 1.82) is 0 Å². The van der Waals surface area contributed by atoms with Crippen LogP contribution in [0.15, 0.2) is 77.7 Å². The first kappa shape index (κ1) is 25.4. The maximum Gasteiger partial charge on any atom is 0.416 e. The molecule has 0 spiro atoms. The van der Waals surface area contributed by atoms with Gasteiger partial charge in [0.05, 0.1) is 15.5 Å². The number of para-hydroxylation sites is 1. The minimum absolute atomic E-state index is 0.192. The number of ether oxygens (including phenoxy) is 1. The van der Waals surface area contributed by atoms with Crippen LogP contribution in [0, 0.1) is 0 Å². The third-order valence-corrected chi connectivity index (χ3v) is 6.35. The van der Waals surface area contributed by atoms with E-state index in [-0.39, 0.29) is 10.6 Å². The summed E-state index contributed by atoms with van der Waals surface area (Å²) < 4.78 is 71.6. The van der Waals surface area contributed by atoms with Crippen LogP contribution in [0.2, 0.25) is 5.02 Å². The second-order valence-electron chi connectivity index (χ2n) is 7.14. The average molecular weight is 513 g/mol. The summed E-state index contributed by atoms with van der Waals surface area (Å²) in [5, 5.41) is 3.00. The van der Waals surface area contributed by atoms with Gasteiger partial charge >= 0.3 is 6.18 Å². The van der Waals surface area contributed by atoms with Crippen molar-refractivity contribution in [2.75, 3.05) is 10.0 Å². The van der Waals surface area contributed by atoms with Crippen molar-refractivity contribution in [1.82, 2.24) is 0 Å². The first-order valence-corrected chi connectivity index (χ1v) is 11.9. The van der Waals surface area contributed by atoms with E-state index in [9.17, 15) is 26.4 Å². The molecule has 1 atom stereocenters. The Balaban J connectivity index is 1.69. The standard InChI is InChI=1S/C23H20ClF3N2O4S/c1-2-20(33-21-9-4-3-8-19(21)24)22(30)28-16-10-12-18(13-11-16)34(31,32)29-17-7-5-6-15(14-17)23(25,26)27/h3-14,20,29H,2H2,1H3,(H,28,30)/t20-/m0/s1. The Morgan fingerprint density at radius 2 is 1.68 bits per heavy atom. The average Bonchev–Trinajstić information content (AvgIpc) is 2.78. The van der Waals surface area contributed by atoms with E-state index in [1.165, 1.54) is 30.3 Å². The predicted octanol–water partition coefficient (Wildman–Crippen LogP) is 5.96. The van der Waals surface area contributed by atoms with Gasteiger partial charge in [-0.05, 0) is 61.0 Å². The Labute approximate surface area is 199 Å². The molecule has 0 saturated heterocycles. The Morgan fingerprint density at radius 1 is 1.00 bits per heavy atom. The van der Waals surface area contributed by atoms with Crippen molar-refractivity contribution < 1.29 is 31.1 Å². The fraction of sp³-hybridized carbons (Fsp3) is 0.174. The number of carbonyl (C=O) groups is 1. The number of halogens is 4. The summed E-state index contributed by atoms with van der Waals surface area (Å²) in [6.45, 7) is 1.76. The number of alkyl halides is 3. The van der Waals surface area contributed by atoms with Gasteiger partial charge in [0.2, 0.25) is 0 Å². The van der Waals surface area contributed by atoms with Crippen LogP contribution < -0.4 is 14.8 Å². The van der Waals surface area contributed by atoms with Gasteiger partial charge in [-0.15, -0.1) is 0 Å². The molecule has 0 aromatic heterocycles. The molecule has 0 heterocycles. The molecule has 0 aliphatic carbocycles. The van der Waals surface area contributed by atoms with Crippen LogP contribution in [0.3, 0.4) is 0 Å². The normalized spacial score (nSPS) is 12.6. The highest BCUT2D eigenvalue weighted by atomic mass is 35.5. The fourth-order valence-electron chi connectivity index (χ4n) is 2.93. The lowest BCUT2D eigenvalue weighted by Crippen LogP contribution is -2.32. The topological polar surface area (TPSA) is 84.5 Å².